The molecule has 6 heteroatoms. The molecule has 0 fully saturated rings. The first-order valence-electron chi connectivity index (χ1n) is 6.76. The quantitative estimate of drug-likeness (QED) is 0.801. The molecule has 0 saturated carbocycles. The summed E-state index contributed by atoms with van der Waals surface area (Å²) in [4.78, 5) is 11.9. The SMILES string of the molecule is NCCSC(=O)Cc1ccccc1Nc1c(Cl)cccc1Cl. The molecule has 3 N–H and O–H groups in total. The van der Waals surface area contributed by atoms with E-state index in [1.165, 1.54) is 11.8 Å². The minimum atomic E-state index is 0.0879. The third kappa shape index (κ3) is 4.65. The third-order valence-electron chi connectivity index (χ3n) is 2.96. The van der Waals surface area contributed by atoms with Crippen LogP contribution in [-0.2, 0) is 11.2 Å². The van der Waals surface area contributed by atoms with E-state index in [0.717, 1.165) is 11.3 Å². The van der Waals surface area contributed by atoms with Gasteiger partial charge in [0.2, 0.25) is 0 Å². The van der Waals surface area contributed by atoms with Crippen LogP contribution in [0.2, 0.25) is 10.0 Å². The Morgan fingerprint density at radius 1 is 1.09 bits per heavy atom. The molecule has 0 aliphatic heterocycles. The second-order valence-corrected chi connectivity index (χ2v) is 6.53. The third-order valence-corrected chi connectivity index (χ3v) is 4.49. The molecule has 2 rings (SSSR count). The largest absolute Gasteiger partial charge is 0.353 e. The van der Waals surface area contributed by atoms with Gasteiger partial charge in [-0.15, -0.1) is 0 Å². The van der Waals surface area contributed by atoms with Crippen LogP contribution < -0.4 is 11.1 Å². The maximum Gasteiger partial charge on any atom is 0.193 e. The lowest BCUT2D eigenvalue weighted by atomic mass is 10.1. The molecule has 0 amide bonds. The van der Waals surface area contributed by atoms with Gasteiger partial charge in [-0.25, -0.2) is 0 Å². The topological polar surface area (TPSA) is 55.1 Å². The van der Waals surface area contributed by atoms with E-state index in [-0.39, 0.29) is 5.12 Å². The molecule has 0 atom stereocenters. The van der Waals surface area contributed by atoms with Crippen molar-refractivity contribution in [3.63, 3.8) is 0 Å². The number of hydrogen-bond donors (Lipinski definition) is 2. The Morgan fingerprint density at radius 3 is 2.45 bits per heavy atom. The molecule has 2 aromatic carbocycles. The lowest BCUT2D eigenvalue weighted by Gasteiger charge is -2.14. The Morgan fingerprint density at radius 2 is 1.77 bits per heavy atom. The van der Waals surface area contributed by atoms with Gasteiger partial charge in [0, 0.05) is 24.4 Å². The number of hydrogen-bond acceptors (Lipinski definition) is 4. The predicted molar refractivity (Wildman–Crippen MR) is 96.4 cm³/mol. The number of benzene rings is 2. The highest BCUT2D eigenvalue weighted by Gasteiger charge is 2.11. The molecule has 0 bridgehead atoms. The predicted octanol–water partition coefficient (Wildman–Crippen LogP) is 4.50. The number of carbonyl (C=O) groups excluding carboxylic acids is 1. The maximum atomic E-state index is 11.9. The minimum absolute atomic E-state index is 0.0879. The number of halogens is 2. The van der Waals surface area contributed by atoms with Gasteiger partial charge in [-0.1, -0.05) is 59.2 Å². The van der Waals surface area contributed by atoms with Crippen molar-refractivity contribution >= 4 is 51.5 Å². The summed E-state index contributed by atoms with van der Waals surface area (Å²) in [5.41, 5.74) is 7.78. The lowest BCUT2D eigenvalue weighted by molar-refractivity contribution is -0.110. The molecule has 0 aliphatic carbocycles. The normalized spacial score (nSPS) is 10.5. The smallest absolute Gasteiger partial charge is 0.193 e. The van der Waals surface area contributed by atoms with Crippen LogP contribution in [0.5, 0.6) is 0 Å². The summed E-state index contributed by atoms with van der Waals surface area (Å²) in [7, 11) is 0. The average Bonchev–Trinajstić information content (AvgIpc) is 2.50. The Labute approximate surface area is 144 Å². The first-order chi connectivity index (χ1) is 10.6. The van der Waals surface area contributed by atoms with E-state index >= 15 is 0 Å². The van der Waals surface area contributed by atoms with Gasteiger partial charge < -0.3 is 11.1 Å². The first-order valence-corrected chi connectivity index (χ1v) is 8.50. The van der Waals surface area contributed by atoms with Crippen molar-refractivity contribution in [1.82, 2.24) is 0 Å². The number of thioether (sulfide) groups is 1. The summed E-state index contributed by atoms with van der Waals surface area (Å²) < 4.78 is 0. The summed E-state index contributed by atoms with van der Waals surface area (Å²) >= 11 is 13.6. The van der Waals surface area contributed by atoms with Crippen molar-refractivity contribution in [3.05, 3.63) is 58.1 Å². The van der Waals surface area contributed by atoms with Crippen LogP contribution in [0.1, 0.15) is 5.56 Å². The molecule has 0 aromatic heterocycles. The van der Waals surface area contributed by atoms with Crippen molar-refractivity contribution in [1.29, 1.82) is 0 Å². The van der Waals surface area contributed by atoms with Crippen molar-refractivity contribution in [3.8, 4) is 0 Å². The summed E-state index contributed by atoms with van der Waals surface area (Å²) in [6.45, 7) is 0.492. The Bertz CT molecular complexity index is 644. The van der Waals surface area contributed by atoms with Crippen LogP contribution >= 0.6 is 35.0 Å². The molecule has 0 spiro atoms. The summed E-state index contributed by atoms with van der Waals surface area (Å²) in [6, 6.07) is 12.9. The number of carbonyl (C=O) groups is 1. The fourth-order valence-electron chi connectivity index (χ4n) is 1.93. The zero-order chi connectivity index (χ0) is 15.9. The number of para-hydroxylation sites is 2. The van der Waals surface area contributed by atoms with E-state index < -0.39 is 0 Å². The highest BCUT2D eigenvalue weighted by atomic mass is 35.5. The van der Waals surface area contributed by atoms with Gasteiger partial charge in [-0.05, 0) is 23.8 Å². The van der Waals surface area contributed by atoms with Crippen LogP contribution in [0.4, 0.5) is 11.4 Å². The molecule has 116 valence electrons. The Kier molecular flexibility index (Phi) is 6.58. The van der Waals surface area contributed by atoms with Gasteiger partial charge in [-0.2, -0.15) is 0 Å². The maximum absolute atomic E-state index is 11.9. The first kappa shape index (κ1) is 17.2. The molecule has 3 nitrogen and oxygen atoms in total. The molecule has 0 heterocycles. The Hall–Kier alpha value is -1.20. The van der Waals surface area contributed by atoms with Crippen molar-refractivity contribution in [2.24, 2.45) is 5.73 Å². The highest BCUT2D eigenvalue weighted by molar-refractivity contribution is 8.13. The molecular formula is C16H16Cl2N2OS. The van der Waals surface area contributed by atoms with E-state index in [1.807, 2.05) is 24.3 Å². The molecule has 0 saturated heterocycles. The highest BCUT2D eigenvalue weighted by Crippen LogP contribution is 2.33. The number of nitrogens with one attached hydrogen (secondary N) is 1. The van der Waals surface area contributed by atoms with Crippen LogP contribution in [0.15, 0.2) is 42.5 Å². The monoisotopic (exact) mass is 354 g/mol. The Balaban J connectivity index is 2.20. The minimum Gasteiger partial charge on any atom is -0.353 e. The van der Waals surface area contributed by atoms with Crippen molar-refractivity contribution < 1.29 is 4.79 Å². The molecule has 22 heavy (non-hydrogen) atoms. The number of rotatable bonds is 6. The van der Waals surface area contributed by atoms with E-state index in [9.17, 15) is 4.79 Å². The summed E-state index contributed by atoms with van der Waals surface area (Å²) in [6.07, 6.45) is 0.329. The van der Waals surface area contributed by atoms with Gasteiger partial charge in [0.25, 0.3) is 0 Å². The lowest BCUT2D eigenvalue weighted by Crippen LogP contribution is -2.07. The van der Waals surface area contributed by atoms with E-state index in [1.54, 1.807) is 18.2 Å². The number of nitrogens with two attached hydrogens (primary N) is 1. The van der Waals surface area contributed by atoms with E-state index in [4.69, 9.17) is 28.9 Å². The summed E-state index contributed by atoms with van der Waals surface area (Å²) in [5, 5.41) is 4.38. The zero-order valence-corrected chi connectivity index (χ0v) is 14.1. The van der Waals surface area contributed by atoms with Crippen molar-refractivity contribution in [2.45, 2.75) is 6.42 Å². The molecule has 0 radical (unpaired) electrons. The average molecular weight is 355 g/mol. The molecule has 0 aliphatic rings. The van der Waals surface area contributed by atoms with Gasteiger partial charge in [0.15, 0.2) is 5.12 Å². The number of anilines is 2. The standard InChI is InChI=1S/C16H16Cl2N2OS/c17-12-5-3-6-13(18)16(12)20-14-7-2-1-4-11(14)10-15(21)22-9-8-19/h1-7,20H,8-10,19H2. The fraction of sp³-hybridized carbons (Fsp3) is 0.188. The van der Waals surface area contributed by atoms with Crippen LogP contribution in [0, 0.1) is 0 Å². The van der Waals surface area contributed by atoms with Gasteiger partial charge >= 0.3 is 0 Å². The van der Waals surface area contributed by atoms with Gasteiger partial charge in [-0.3, -0.25) is 4.79 Å². The van der Waals surface area contributed by atoms with Crippen LogP contribution in [0.3, 0.4) is 0 Å². The molecule has 2 aromatic rings. The van der Waals surface area contributed by atoms with Crippen molar-refractivity contribution in [2.75, 3.05) is 17.6 Å². The molecule has 0 unspecified atom stereocenters. The van der Waals surface area contributed by atoms with Gasteiger partial charge in [0.05, 0.1) is 15.7 Å². The summed E-state index contributed by atoms with van der Waals surface area (Å²) in [5.74, 6) is 0.630. The van der Waals surface area contributed by atoms with Gasteiger partial charge in [0.1, 0.15) is 0 Å². The second-order valence-electron chi connectivity index (χ2n) is 4.56. The fourth-order valence-corrected chi connectivity index (χ4v) is 3.02. The van der Waals surface area contributed by atoms with E-state index in [0.29, 0.717) is 34.5 Å². The second kappa shape index (κ2) is 8.44. The van der Waals surface area contributed by atoms with Crippen LogP contribution in [-0.4, -0.2) is 17.4 Å². The zero-order valence-electron chi connectivity index (χ0n) is 11.8. The molecular weight excluding hydrogens is 339 g/mol. The van der Waals surface area contributed by atoms with E-state index in [2.05, 4.69) is 5.32 Å². The van der Waals surface area contributed by atoms with Crippen LogP contribution in [0.25, 0.3) is 0 Å².